The van der Waals surface area contributed by atoms with Crippen LogP contribution in [-0.4, -0.2) is 53.2 Å². The number of amides is 2. The molecule has 2 saturated carbocycles. The maximum absolute atomic E-state index is 11.8. The molecule has 0 unspecified atom stereocenters. The molecule has 2 aliphatic rings. The lowest BCUT2D eigenvalue weighted by Gasteiger charge is -2.42. The van der Waals surface area contributed by atoms with Crippen LogP contribution >= 0.6 is 0 Å². The second-order valence-electron chi connectivity index (χ2n) is 6.17. The molecule has 0 atom stereocenters. The lowest BCUT2D eigenvalue weighted by molar-refractivity contribution is -0.139. The highest BCUT2D eigenvalue weighted by molar-refractivity contribution is 5.74. The molecule has 3 N–H and O–H groups in total. The van der Waals surface area contributed by atoms with Gasteiger partial charge in [-0.3, -0.25) is 9.69 Å². The summed E-state index contributed by atoms with van der Waals surface area (Å²) in [4.78, 5) is 24.4. The zero-order valence-electron chi connectivity index (χ0n) is 12.3. The van der Waals surface area contributed by atoms with E-state index in [2.05, 4.69) is 17.6 Å². The van der Waals surface area contributed by atoms with Gasteiger partial charge < -0.3 is 15.7 Å². The van der Waals surface area contributed by atoms with E-state index in [0.717, 1.165) is 38.1 Å². The van der Waals surface area contributed by atoms with E-state index in [1.54, 1.807) is 0 Å². The molecule has 0 aromatic heterocycles. The first-order valence-electron chi connectivity index (χ1n) is 7.50. The van der Waals surface area contributed by atoms with E-state index in [4.69, 9.17) is 5.11 Å². The first kappa shape index (κ1) is 15.1. The first-order valence-corrected chi connectivity index (χ1v) is 7.50. The number of hydrogen-bond donors (Lipinski definition) is 3. The Morgan fingerprint density at radius 3 is 2.15 bits per heavy atom. The zero-order chi connectivity index (χ0) is 14.7. The molecule has 114 valence electrons. The Bertz CT molecular complexity index is 363. The third-order valence-electron chi connectivity index (χ3n) is 4.42. The molecule has 6 nitrogen and oxygen atoms in total. The fraction of sp³-hybridized carbons (Fsp3) is 0.857. The molecule has 0 heterocycles. The van der Waals surface area contributed by atoms with Gasteiger partial charge in [-0.2, -0.15) is 0 Å². The maximum atomic E-state index is 11.8. The number of carbonyl (C=O) groups excluding carboxylic acids is 1. The molecule has 0 saturated heterocycles. The Kier molecular flexibility index (Phi) is 4.86. The number of likely N-dealkylation sites (N-methyl/N-ethyl adjacent to an activating group) is 1. The molecule has 0 aliphatic heterocycles. The van der Waals surface area contributed by atoms with Crippen molar-refractivity contribution >= 4 is 12.0 Å². The fourth-order valence-electron chi connectivity index (χ4n) is 3.11. The van der Waals surface area contributed by atoms with Crippen LogP contribution in [0.3, 0.4) is 0 Å². The molecule has 2 amide bonds. The Morgan fingerprint density at radius 2 is 1.70 bits per heavy atom. The van der Waals surface area contributed by atoms with Gasteiger partial charge in [-0.05, 0) is 38.1 Å². The third kappa shape index (κ3) is 3.85. The van der Waals surface area contributed by atoms with Gasteiger partial charge in [0.15, 0.2) is 0 Å². The summed E-state index contributed by atoms with van der Waals surface area (Å²) in [6.07, 6.45) is 3.83. The predicted octanol–water partition coefficient (Wildman–Crippen LogP) is 1.02. The number of nitrogens with one attached hydrogen (secondary N) is 2. The number of urea groups is 1. The van der Waals surface area contributed by atoms with E-state index in [1.165, 1.54) is 0 Å². The van der Waals surface area contributed by atoms with Crippen molar-refractivity contribution in [1.82, 2.24) is 15.5 Å². The average molecular weight is 283 g/mol. The van der Waals surface area contributed by atoms with E-state index < -0.39 is 5.97 Å². The van der Waals surface area contributed by atoms with Crippen LogP contribution in [0, 0.1) is 5.92 Å². The second-order valence-corrected chi connectivity index (χ2v) is 6.17. The number of rotatable bonds is 6. The fourth-order valence-corrected chi connectivity index (χ4v) is 3.11. The maximum Gasteiger partial charge on any atom is 0.317 e. The summed E-state index contributed by atoms with van der Waals surface area (Å²) in [5.74, 6) is -0.0670. The summed E-state index contributed by atoms with van der Waals surface area (Å²) in [6.45, 7) is 4.97. The van der Waals surface area contributed by atoms with Crippen molar-refractivity contribution in [3.05, 3.63) is 0 Å². The summed E-state index contributed by atoms with van der Waals surface area (Å²) in [5, 5.41) is 14.8. The smallest absolute Gasteiger partial charge is 0.317 e. The van der Waals surface area contributed by atoms with Crippen molar-refractivity contribution in [3.63, 3.8) is 0 Å². The van der Waals surface area contributed by atoms with Gasteiger partial charge in [0.05, 0.1) is 6.54 Å². The second kappa shape index (κ2) is 6.43. The van der Waals surface area contributed by atoms with Crippen LogP contribution in [0.25, 0.3) is 0 Å². The van der Waals surface area contributed by atoms with Gasteiger partial charge in [0, 0.05) is 18.1 Å². The number of carboxylic acids is 1. The highest BCUT2D eigenvalue weighted by Crippen LogP contribution is 2.27. The molecular weight excluding hydrogens is 258 g/mol. The van der Waals surface area contributed by atoms with Crippen LogP contribution in [0.1, 0.15) is 39.5 Å². The topological polar surface area (TPSA) is 81.7 Å². The van der Waals surface area contributed by atoms with E-state index in [9.17, 15) is 9.59 Å². The molecule has 0 aromatic rings. The Hall–Kier alpha value is -1.30. The molecule has 20 heavy (non-hydrogen) atoms. The molecule has 0 bridgehead atoms. The van der Waals surface area contributed by atoms with E-state index in [1.807, 2.05) is 11.8 Å². The quantitative estimate of drug-likeness (QED) is 0.680. The van der Waals surface area contributed by atoms with Crippen LogP contribution < -0.4 is 10.6 Å². The molecule has 6 heteroatoms. The van der Waals surface area contributed by atoms with Crippen molar-refractivity contribution < 1.29 is 14.7 Å². The van der Waals surface area contributed by atoms with E-state index >= 15 is 0 Å². The standard InChI is InChI=1S/C14H25N3O3/c1-3-17(8-13(18)19)12-6-11(7-12)16-14(20)15-10-4-9(2)5-10/h9-12H,3-8H2,1-2H3,(H,18,19)(H2,15,16,20). The SMILES string of the molecule is CCN(CC(=O)O)C1CC(NC(=O)NC2CC(C)C2)C1. The number of carbonyl (C=O) groups is 2. The van der Waals surface area contributed by atoms with Gasteiger partial charge in [-0.1, -0.05) is 13.8 Å². The van der Waals surface area contributed by atoms with Crippen molar-refractivity contribution in [3.8, 4) is 0 Å². The zero-order valence-corrected chi connectivity index (χ0v) is 12.3. The predicted molar refractivity (Wildman–Crippen MR) is 75.5 cm³/mol. The molecule has 2 rings (SSSR count). The van der Waals surface area contributed by atoms with Crippen molar-refractivity contribution in [2.24, 2.45) is 5.92 Å². The van der Waals surface area contributed by atoms with E-state index in [0.29, 0.717) is 6.04 Å². The van der Waals surface area contributed by atoms with Gasteiger partial charge in [-0.15, -0.1) is 0 Å². The lowest BCUT2D eigenvalue weighted by atomic mass is 9.82. The molecule has 0 radical (unpaired) electrons. The van der Waals surface area contributed by atoms with Crippen molar-refractivity contribution in [2.45, 2.75) is 57.7 Å². The molecule has 2 aliphatic carbocycles. The molecular formula is C14H25N3O3. The van der Waals surface area contributed by atoms with Crippen molar-refractivity contribution in [2.75, 3.05) is 13.1 Å². The van der Waals surface area contributed by atoms with Crippen molar-refractivity contribution in [1.29, 1.82) is 0 Å². The minimum absolute atomic E-state index is 0.0772. The molecule has 0 aromatic carbocycles. The van der Waals surface area contributed by atoms with Gasteiger partial charge in [0.2, 0.25) is 0 Å². The normalized spacial score (nSPS) is 32.1. The van der Waals surface area contributed by atoms with Gasteiger partial charge >= 0.3 is 12.0 Å². The lowest BCUT2D eigenvalue weighted by Crippen LogP contribution is -2.58. The number of nitrogens with zero attached hydrogens (tertiary/aromatic N) is 1. The van der Waals surface area contributed by atoms with Crippen LogP contribution in [0.2, 0.25) is 0 Å². The minimum Gasteiger partial charge on any atom is -0.480 e. The van der Waals surface area contributed by atoms with Crippen LogP contribution in [-0.2, 0) is 4.79 Å². The highest BCUT2D eigenvalue weighted by atomic mass is 16.4. The third-order valence-corrected chi connectivity index (χ3v) is 4.42. The summed E-state index contributed by atoms with van der Waals surface area (Å²) in [5.41, 5.74) is 0. The largest absolute Gasteiger partial charge is 0.480 e. The highest BCUT2D eigenvalue weighted by Gasteiger charge is 2.35. The Morgan fingerprint density at radius 1 is 1.15 bits per heavy atom. The Labute approximate surface area is 119 Å². The van der Waals surface area contributed by atoms with E-state index in [-0.39, 0.29) is 24.7 Å². The van der Waals surface area contributed by atoms with Gasteiger partial charge in [0.25, 0.3) is 0 Å². The minimum atomic E-state index is -0.792. The van der Waals surface area contributed by atoms with Gasteiger partial charge in [-0.25, -0.2) is 4.79 Å². The number of carboxylic acid groups (broad SMARTS) is 1. The van der Waals surface area contributed by atoms with Crippen LogP contribution in [0.4, 0.5) is 4.79 Å². The summed E-state index contributed by atoms with van der Waals surface area (Å²) in [7, 11) is 0. The monoisotopic (exact) mass is 283 g/mol. The Balaban J connectivity index is 1.63. The summed E-state index contributed by atoms with van der Waals surface area (Å²) >= 11 is 0. The molecule has 2 fully saturated rings. The van der Waals surface area contributed by atoms with Crippen LogP contribution in [0.5, 0.6) is 0 Å². The first-order chi connectivity index (χ1) is 9.47. The summed E-state index contributed by atoms with van der Waals surface area (Å²) < 4.78 is 0. The molecule has 0 spiro atoms. The average Bonchev–Trinajstić information content (AvgIpc) is 2.28. The number of aliphatic carboxylic acids is 1. The summed E-state index contributed by atoms with van der Waals surface area (Å²) in [6, 6.07) is 0.720. The number of hydrogen-bond acceptors (Lipinski definition) is 3. The van der Waals surface area contributed by atoms with Crippen LogP contribution in [0.15, 0.2) is 0 Å². The van der Waals surface area contributed by atoms with Gasteiger partial charge in [0.1, 0.15) is 0 Å².